The van der Waals surface area contributed by atoms with Crippen molar-refractivity contribution >= 4 is 0 Å². The molecule has 0 aliphatic carbocycles. The second kappa shape index (κ2) is 6.42. The van der Waals surface area contributed by atoms with Gasteiger partial charge in [0.25, 0.3) is 0 Å². The van der Waals surface area contributed by atoms with Crippen molar-refractivity contribution in [1.29, 1.82) is 0 Å². The lowest BCUT2D eigenvalue weighted by atomic mass is 10.2. The average Bonchev–Trinajstić information content (AvgIpc) is 2.28. The van der Waals surface area contributed by atoms with E-state index in [9.17, 15) is 4.39 Å². The van der Waals surface area contributed by atoms with Crippen molar-refractivity contribution in [1.82, 2.24) is 5.48 Å². The molecule has 1 aromatic carbocycles. The summed E-state index contributed by atoms with van der Waals surface area (Å²) in [5.74, 6) is 0.552. The molecule has 0 saturated heterocycles. The van der Waals surface area contributed by atoms with Crippen LogP contribution in [0.15, 0.2) is 12.1 Å². The molecule has 0 atom stereocenters. The second-order valence-electron chi connectivity index (χ2n) is 3.79. The molecule has 0 saturated carbocycles. The Bertz CT molecular complexity index is 369. The standard InChI is InChI=1S/C12H18FNO3/c1-8(2)17-12-5-9(7-14-16-4)10(13)6-11(12)15-3/h5-6,8,14H,7H2,1-4H3. The smallest absolute Gasteiger partial charge is 0.163 e. The molecule has 4 nitrogen and oxygen atoms in total. The van der Waals surface area contributed by atoms with Gasteiger partial charge in [0.2, 0.25) is 0 Å². The molecule has 0 heterocycles. The van der Waals surface area contributed by atoms with Crippen LogP contribution in [0.1, 0.15) is 19.4 Å². The number of ether oxygens (including phenoxy) is 2. The maximum atomic E-state index is 13.6. The van der Waals surface area contributed by atoms with Gasteiger partial charge in [-0.2, -0.15) is 5.48 Å². The van der Waals surface area contributed by atoms with Gasteiger partial charge in [-0.15, -0.1) is 0 Å². The summed E-state index contributed by atoms with van der Waals surface area (Å²) in [5, 5.41) is 0. The van der Waals surface area contributed by atoms with E-state index in [0.29, 0.717) is 17.1 Å². The second-order valence-corrected chi connectivity index (χ2v) is 3.79. The molecule has 1 aromatic rings. The van der Waals surface area contributed by atoms with Crippen LogP contribution in [-0.4, -0.2) is 20.3 Å². The van der Waals surface area contributed by atoms with Crippen LogP contribution in [-0.2, 0) is 11.4 Å². The van der Waals surface area contributed by atoms with Gasteiger partial charge in [0, 0.05) is 18.2 Å². The summed E-state index contributed by atoms with van der Waals surface area (Å²) in [4.78, 5) is 4.69. The molecule has 0 fully saturated rings. The van der Waals surface area contributed by atoms with Crippen molar-refractivity contribution in [2.24, 2.45) is 0 Å². The van der Waals surface area contributed by atoms with Crippen molar-refractivity contribution in [2.45, 2.75) is 26.5 Å². The number of rotatable bonds is 6. The van der Waals surface area contributed by atoms with E-state index in [1.807, 2.05) is 13.8 Å². The highest BCUT2D eigenvalue weighted by molar-refractivity contribution is 5.43. The molecular weight excluding hydrogens is 225 g/mol. The Hall–Kier alpha value is -1.33. The maximum absolute atomic E-state index is 13.6. The van der Waals surface area contributed by atoms with E-state index in [0.717, 1.165) is 0 Å². The first-order chi connectivity index (χ1) is 8.08. The summed E-state index contributed by atoms with van der Waals surface area (Å²) < 4.78 is 24.3. The summed E-state index contributed by atoms with van der Waals surface area (Å²) in [6, 6.07) is 2.92. The van der Waals surface area contributed by atoms with Crippen LogP contribution in [0.4, 0.5) is 4.39 Å². The zero-order chi connectivity index (χ0) is 12.8. The highest BCUT2D eigenvalue weighted by Crippen LogP contribution is 2.30. The fraction of sp³-hybridized carbons (Fsp3) is 0.500. The minimum Gasteiger partial charge on any atom is -0.493 e. The summed E-state index contributed by atoms with van der Waals surface area (Å²) in [6.45, 7) is 4.06. The van der Waals surface area contributed by atoms with Gasteiger partial charge in [-0.25, -0.2) is 4.39 Å². The molecule has 5 heteroatoms. The largest absolute Gasteiger partial charge is 0.493 e. The average molecular weight is 243 g/mol. The van der Waals surface area contributed by atoms with Crippen LogP contribution < -0.4 is 15.0 Å². The van der Waals surface area contributed by atoms with E-state index in [-0.39, 0.29) is 18.5 Å². The normalized spacial score (nSPS) is 10.7. The van der Waals surface area contributed by atoms with Crippen molar-refractivity contribution in [3.8, 4) is 11.5 Å². The van der Waals surface area contributed by atoms with Crippen LogP contribution >= 0.6 is 0 Å². The Morgan fingerprint density at radius 1 is 1.24 bits per heavy atom. The molecule has 0 amide bonds. The number of hydrogen-bond acceptors (Lipinski definition) is 4. The van der Waals surface area contributed by atoms with Crippen LogP contribution in [0.2, 0.25) is 0 Å². The van der Waals surface area contributed by atoms with Crippen LogP contribution in [0.5, 0.6) is 11.5 Å². The molecule has 96 valence electrons. The molecule has 0 radical (unpaired) electrons. The van der Waals surface area contributed by atoms with Gasteiger partial charge < -0.3 is 14.3 Å². The zero-order valence-corrected chi connectivity index (χ0v) is 10.5. The molecular formula is C12H18FNO3. The number of methoxy groups -OCH3 is 1. The third-order valence-electron chi connectivity index (χ3n) is 2.10. The number of benzene rings is 1. The number of hydrogen-bond donors (Lipinski definition) is 1. The van der Waals surface area contributed by atoms with Gasteiger partial charge in [-0.1, -0.05) is 0 Å². The zero-order valence-electron chi connectivity index (χ0n) is 10.5. The van der Waals surface area contributed by atoms with Gasteiger partial charge in [0.05, 0.1) is 20.3 Å². The summed E-state index contributed by atoms with van der Waals surface area (Å²) in [6.07, 6.45) is -0.00223. The van der Waals surface area contributed by atoms with Crippen molar-refractivity contribution in [3.05, 3.63) is 23.5 Å². The fourth-order valence-corrected chi connectivity index (χ4v) is 1.37. The highest BCUT2D eigenvalue weighted by Gasteiger charge is 2.12. The lowest BCUT2D eigenvalue weighted by Gasteiger charge is -2.15. The molecule has 1 N–H and O–H groups in total. The van der Waals surface area contributed by atoms with E-state index < -0.39 is 0 Å². The Morgan fingerprint density at radius 3 is 2.47 bits per heavy atom. The first-order valence-corrected chi connectivity index (χ1v) is 5.37. The van der Waals surface area contributed by atoms with E-state index in [2.05, 4.69) is 10.3 Å². The Morgan fingerprint density at radius 2 is 1.94 bits per heavy atom. The minimum atomic E-state index is -0.359. The summed E-state index contributed by atoms with van der Waals surface area (Å²) in [7, 11) is 2.96. The Balaban J connectivity index is 2.99. The first-order valence-electron chi connectivity index (χ1n) is 5.37. The predicted octanol–water partition coefficient (Wildman–Crippen LogP) is 2.27. The van der Waals surface area contributed by atoms with E-state index in [1.54, 1.807) is 6.07 Å². The van der Waals surface area contributed by atoms with Gasteiger partial charge in [0.15, 0.2) is 11.5 Å². The molecule has 1 rings (SSSR count). The van der Waals surface area contributed by atoms with Crippen molar-refractivity contribution in [2.75, 3.05) is 14.2 Å². The lowest BCUT2D eigenvalue weighted by molar-refractivity contribution is 0.0858. The molecule has 0 aliphatic heterocycles. The van der Waals surface area contributed by atoms with Crippen LogP contribution in [0.3, 0.4) is 0 Å². The van der Waals surface area contributed by atoms with Gasteiger partial charge in [0.1, 0.15) is 5.82 Å². The number of hydroxylamine groups is 1. The molecule has 0 aromatic heterocycles. The van der Waals surface area contributed by atoms with E-state index in [1.165, 1.54) is 20.3 Å². The summed E-state index contributed by atoms with van der Waals surface area (Å²) in [5.41, 5.74) is 3.05. The van der Waals surface area contributed by atoms with Crippen LogP contribution in [0.25, 0.3) is 0 Å². The Labute approximate surface area is 101 Å². The highest BCUT2D eigenvalue weighted by atomic mass is 19.1. The third kappa shape index (κ3) is 3.87. The number of halogens is 1. The molecule has 0 unspecified atom stereocenters. The van der Waals surface area contributed by atoms with Gasteiger partial charge in [-0.05, 0) is 19.9 Å². The predicted molar refractivity (Wildman–Crippen MR) is 62.6 cm³/mol. The third-order valence-corrected chi connectivity index (χ3v) is 2.10. The fourth-order valence-electron chi connectivity index (χ4n) is 1.37. The first kappa shape index (κ1) is 13.7. The molecule has 17 heavy (non-hydrogen) atoms. The number of nitrogens with one attached hydrogen (secondary N) is 1. The minimum absolute atomic E-state index is 0.00223. The van der Waals surface area contributed by atoms with E-state index in [4.69, 9.17) is 9.47 Å². The molecule has 0 aliphatic rings. The Kier molecular flexibility index (Phi) is 5.18. The van der Waals surface area contributed by atoms with Crippen molar-refractivity contribution in [3.63, 3.8) is 0 Å². The quantitative estimate of drug-likeness (QED) is 0.778. The molecule has 0 bridgehead atoms. The monoisotopic (exact) mass is 243 g/mol. The topological polar surface area (TPSA) is 39.7 Å². The van der Waals surface area contributed by atoms with Crippen molar-refractivity contribution < 1.29 is 18.7 Å². The van der Waals surface area contributed by atoms with E-state index >= 15 is 0 Å². The van der Waals surface area contributed by atoms with Crippen LogP contribution in [0, 0.1) is 5.82 Å². The van der Waals surface area contributed by atoms with Gasteiger partial charge >= 0.3 is 0 Å². The summed E-state index contributed by atoms with van der Waals surface area (Å²) >= 11 is 0. The lowest BCUT2D eigenvalue weighted by Crippen LogP contribution is -2.13. The van der Waals surface area contributed by atoms with Gasteiger partial charge in [-0.3, -0.25) is 0 Å². The molecule has 0 spiro atoms. The maximum Gasteiger partial charge on any atom is 0.163 e. The SMILES string of the molecule is CONCc1cc(OC(C)C)c(OC)cc1F.